The number of amides is 1. The first-order valence-corrected chi connectivity index (χ1v) is 8.61. The van der Waals surface area contributed by atoms with Crippen molar-refractivity contribution in [3.8, 4) is 11.5 Å². The highest BCUT2D eigenvalue weighted by Crippen LogP contribution is 2.34. The van der Waals surface area contributed by atoms with E-state index >= 15 is 0 Å². The molecular formula is C20H18N2O5. The van der Waals surface area contributed by atoms with Crippen LogP contribution in [0.15, 0.2) is 42.5 Å². The highest BCUT2D eigenvalue weighted by molar-refractivity contribution is 6.02. The molecule has 0 saturated heterocycles. The summed E-state index contributed by atoms with van der Waals surface area (Å²) in [6, 6.07) is 12.5. The van der Waals surface area contributed by atoms with Gasteiger partial charge in [0.05, 0.1) is 6.42 Å². The Bertz CT molecular complexity index is 1050. The van der Waals surface area contributed by atoms with Crippen molar-refractivity contribution < 1.29 is 24.2 Å². The van der Waals surface area contributed by atoms with Crippen molar-refractivity contribution in [3.63, 3.8) is 0 Å². The van der Waals surface area contributed by atoms with Crippen molar-refractivity contribution in [2.24, 2.45) is 0 Å². The Balaban J connectivity index is 1.65. The quantitative estimate of drug-likeness (QED) is 0.723. The average molecular weight is 366 g/mol. The largest absolute Gasteiger partial charge is 0.477 e. The van der Waals surface area contributed by atoms with Gasteiger partial charge in [0.2, 0.25) is 12.7 Å². The number of aryl methyl sites for hydroxylation is 1. The molecule has 4 rings (SSSR count). The number of nitrogens with zero attached hydrogens (tertiary/aromatic N) is 1. The van der Waals surface area contributed by atoms with Gasteiger partial charge in [-0.15, -0.1) is 0 Å². The van der Waals surface area contributed by atoms with E-state index in [9.17, 15) is 14.7 Å². The van der Waals surface area contributed by atoms with E-state index in [1.165, 1.54) is 0 Å². The van der Waals surface area contributed by atoms with E-state index in [1.807, 2.05) is 31.2 Å². The van der Waals surface area contributed by atoms with Gasteiger partial charge in [-0.25, -0.2) is 4.79 Å². The van der Waals surface area contributed by atoms with Gasteiger partial charge in [0.25, 0.3) is 0 Å². The van der Waals surface area contributed by atoms with Gasteiger partial charge >= 0.3 is 5.97 Å². The minimum absolute atomic E-state index is 0.0381. The van der Waals surface area contributed by atoms with E-state index in [2.05, 4.69) is 5.32 Å². The van der Waals surface area contributed by atoms with E-state index < -0.39 is 5.97 Å². The summed E-state index contributed by atoms with van der Waals surface area (Å²) >= 11 is 0. The number of aromatic carboxylic acids is 1. The number of nitrogens with one attached hydrogen (secondary N) is 1. The molecule has 1 aliphatic heterocycles. The SMILES string of the molecule is CCn1c(C(=O)O)c(CC(=O)Nc2ccc3c(c2)OCO3)c2ccccc21. The molecule has 0 spiro atoms. The van der Waals surface area contributed by atoms with Crippen molar-refractivity contribution in [1.29, 1.82) is 0 Å². The van der Waals surface area contributed by atoms with E-state index in [4.69, 9.17) is 9.47 Å². The maximum Gasteiger partial charge on any atom is 0.352 e. The predicted molar refractivity (Wildman–Crippen MR) is 99.5 cm³/mol. The summed E-state index contributed by atoms with van der Waals surface area (Å²) in [4.78, 5) is 24.5. The number of ether oxygens (including phenoxy) is 2. The van der Waals surface area contributed by atoms with Gasteiger partial charge in [-0.1, -0.05) is 18.2 Å². The molecule has 2 aromatic carbocycles. The van der Waals surface area contributed by atoms with Crippen LogP contribution in [0.1, 0.15) is 23.0 Å². The van der Waals surface area contributed by atoms with Crippen molar-refractivity contribution in [3.05, 3.63) is 53.7 Å². The lowest BCUT2D eigenvalue weighted by molar-refractivity contribution is -0.115. The highest BCUT2D eigenvalue weighted by atomic mass is 16.7. The standard InChI is InChI=1S/C20H18N2O5/c1-2-22-15-6-4-3-5-13(15)14(19(22)20(24)25)10-18(23)21-12-7-8-16-17(9-12)27-11-26-16/h3-9H,2,10-11H2,1H3,(H,21,23)(H,24,25). The van der Waals surface area contributed by atoms with Crippen LogP contribution in [-0.4, -0.2) is 28.3 Å². The van der Waals surface area contributed by atoms with Crippen LogP contribution >= 0.6 is 0 Å². The first kappa shape index (κ1) is 17.0. The summed E-state index contributed by atoms with van der Waals surface area (Å²) in [6.45, 7) is 2.55. The number of fused-ring (bicyclic) bond motifs is 2. The fourth-order valence-corrected chi connectivity index (χ4v) is 3.47. The third-order valence-corrected chi connectivity index (χ3v) is 4.59. The van der Waals surface area contributed by atoms with Crippen LogP contribution in [0.2, 0.25) is 0 Å². The topological polar surface area (TPSA) is 89.8 Å². The highest BCUT2D eigenvalue weighted by Gasteiger charge is 2.23. The minimum Gasteiger partial charge on any atom is -0.477 e. The van der Waals surface area contributed by atoms with Gasteiger partial charge in [0, 0.05) is 34.8 Å². The molecule has 3 aromatic rings. The molecular weight excluding hydrogens is 348 g/mol. The number of aromatic nitrogens is 1. The second-order valence-electron chi connectivity index (χ2n) is 6.19. The smallest absolute Gasteiger partial charge is 0.352 e. The molecule has 0 fully saturated rings. The number of benzene rings is 2. The van der Waals surface area contributed by atoms with Crippen molar-refractivity contribution in [2.75, 3.05) is 12.1 Å². The maximum absolute atomic E-state index is 12.6. The lowest BCUT2D eigenvalue weighted by Gasteiger charge is -2.08. The number of carbonyl (C=O) groups excluding carboxylic acids is 1. The Hall–Kier alpha value is -3.48. The first-order chi connectivity index (χ1) is 13.1. The van der Waals surface area contributed by atoms with Gasteiger partial charge in [-0.2, -0.15) is 0 Å². The van der Waals surface area contributed by atoms with Crippen LogP contribution in [0.4, 0.5) is 5.69 Å². The molecule has 138 valence electrons. The van der Waals surface area contributed by atoms with Gasteiger partial charge in [0.1, 0.15) is 5.69 Å². The van der Waals surface area contributed by atoms with E-state index in [0.29, 0.717) is 29.3 Å². The van der Waals surface area contributed by atoms with E-state index in [-0.39, 0.29) is 24.8 Å². The summed E-state index contributed by atoms with van der Waals surface area (Å²) in [5, 5.41) is 13.3. The lowest BCUT2D eigenvalue weighted by atomic mass is 10.1. The molecule has 1 amide bonds. The van der Waals surface area contributed by atoms with Crippen LogP contribution < -0.4 is 14.8 Å². The molecule has 27 heavy (non-hydrogen) atoms. The number of anilines is 1. The second kappa shape index (κ2) is 6.68. The number of carboxylic acid groups (broad SMARTS) is 1. The normalized spacial score (nSPS) is 12.3. The van der Waals surface area contributed by atoms with Gasteiger partial charge in [-0.05, 0) is 25.1 Å². The van der Waals surface area contributed by atoms with Crippen LogP contribution in [0, 0.1) is 0 Å². The fraction of sp³-hybridized carbons (Fsp3) is 0.200. The number of carbonyl (C=O) groups is 2. The monoisotopic (exact) mass is 366 g/mol. The third kappa shape index (κ3) is 2.97. The molecule has 2 heterocycles. The Morgan fingerprint density at radius 3 is 2.70 bits per heavy atom. The third-order valence-electron chi connectivity index (χ3n) is 4.59. The summed E-state index contributed by atoms with van der Waals surface area (Å²) in [7, 11) is 0. The molecule has 7 nitrogen and oxygen atoms in total. The van der Waals surface area contributed by atoms with E-state index in [0.717, 1.165) is 10.9 Å². The number of para-hydroxylation sites is 1. The molecule has 2 N–H and O–H groups in total. The van der Waals surface area contributed by atoms with Crippen LogP contribution in [-0.2, 0) is 17.8 Å². The van der Waals surface area contributed by atoms with Crippen molar-refractivity contribution in [2.45, 2.75) is 19.9 Å². The van der Waals surface area contributed by atoms with Gasteiger partial charge in [0.15, 0.2) is 11.5 Å². The van der Waals surface area contributed by atoms with Gasteiger partial charge in [-0.3, -0.25) is 4.79 Å². The maximum atomic E-state index is 12.6. The van der Waals surface area contributed by atoms with E-state index in [1.54, 1.807) is 22.8 Å². The fourth-order valence-electron chi connectivity index (χ4n) is 3.47. The zero-order valence-electron chi connectivity index (χ0n) is 14.7. The number of hydrogen-bond donors (Lipinski definition) is 2. The minimum atomic E-state index is -1.04. The zero-order chi connectivity index (χ0) is 19.0. The second-order valence-corrected chi connectivity index (χ2v) is 6.19. The lowest BCUT2D eigenvalue weighted by Crippen LogP contribution is -2.17. The molecule has 1 aromatic heterocycles. The first-order valence-electron chi connectivity index (χ1n) is 8.61. The average Bonchev–Trinajstić information content (AvgIpc) is 3.23. The molecule has 0 radical (unpaired) electrons. The zero-order valence-corrected chi connectivity index (χ0v) is 14.7. The Kier molecular flexibility index (Phi) is 4.19. The molecule has 0 unspecified atom stereocenters. The Morgan fingerprint density at radius 1 is 1.15 bits per heavy atom. The molecule has 0 atom stereocenters. The number of carboxylic acids is 1. The number of hydrogen-bond acceptors (Lipinski definition) is 4. The van der Waals surface area contributed by atoms with Gasteiger partial charge < -0.3 is 24.5 Å². The summed E-state index contributed by atoms with van der Waals surface area (Å²) < 4.78 is 12.3. The van der Waals surface area contributed by atoms with Crippen LogP contribution in [0.5, 0.6) is 11.5 Å². The summed E-state index contributed by atoms with van der Waals surface area (Å²) in [5.41, 5.74) is 2.04. The summed E-state index contributed by atoms with van der Waals surface area (Å²) in [6.07, 6.45) is -0.0381. The van der Waals surface area contributed by atoms with Crippen LogP contribution in [0.25, 0.3) is 10.9 Å². The molecule has 0 bridgehead atoms. The molecule has 0 aliphatic carbocycles. The van der Waals surface area contributed by atoms with Crippen LogP contribution in [0.3, 0.4) is 0 Å². The Labute approximate surface area is 155 Å². The summed E-state index contributed by atoms with van der Waals surface area (Å²) in [5.74, 6) is -0.136. The molecule has 1 aliphatic rings. The van der Waals surface area contributed by atoms with Crippen molar-refractivity contribution >= 4 is 28.5 Å². The Morgan fingerprint density at radius 2 is 1.93 bits per heavy atom. The molecule has 0 saturated carbocycles. The number of rotatable bonds is 5. The predicted octanol–water partition coefficient (Wildman–Crippen LogP) is 3.27. The molecule has 7 heteroatoms. The van der Waals surface area contributed by atoms with Crippen molar-refractivity contribution in [1.82, 2.24) is 4.57 Å².